The summed E-state index contributed by atoms with van der Waals surface area (Å²) in [5.74, 6) is -2.18. The van der Waals surface area contributed by atoms with Crippen LogP contribution < -0.4 is 9.64 Å². The van der Waals surface area contributed by atoms with E-state index >= 15 is 0 Å². The highest BCUT2D eigenvalue weighted by Crippen LogP contribution is 2.56. The van der Waals surface area contributed by atoms with Crippen molar-refractivity contribution in [2.45, 2.75) is 31.1 Å². The number of nitrogens with zero attached hydrogens (tertiary/aromatic N) is 1. The quantitative estimate of drug-likeness (QED) is 0.821. The maximum Gasteiger partial charge on any atom is 0.310 e. The number of carbonyl (C=O) groups is 2. The zero-order valence-corrected chi connectivity index (χ0v) is 14.7. The zero-order chi connectivity index (χ0) is 18.6. The van der Waals surface area contributed by atoms with E-state index in [2.05, 4.69) is 6.58 Å². The SMILES string of the molecule is C=C(C)C[C@@H]1N(c2cccc(OC)c2)C(=O)[C@H]2[C@H](C(=O)O)[C@H]3C=C[C@@]12O3. The second-order valence-corrected chi connectivity index (χ2v) is 7.22. The molecule has 6 heteroatoms. The predicted octanol–water partition coefficient (Wildman–Crippen LogP) is 2.40. The molecule has 0 aromatic heterocycles. The van der Waals surface area contributed by atoms with Gasteiger partial charge in [0.05, 0.1) is 25.2 Å². The maximum atomic E-state index is 13.4. The van der Waals surface area contributed by atoms with Gasteiger partial charge < -0.3 is 19.5 Å². The van der Waals surface area contributed by atoms with Gasteiger partial charge >= 0.3 is 5.97 Å². The normalized spacial score (nSPS) is 34.2. The highest BCUT2D eigenvalue weighted by atomic mass is 16.5. The lowest BCUT2D eigenvalue weighted by atomic mass is 9.74. The van der Waals surface area contributed by atoms with E-state index in [1.54, 1.807) is 30.2 Å². The number of carboxylic acid groups (broad SMARTS) is 1. The van der Waals surface area contributed by atoms with Crippen LogP contribution in [0.4, 0.5) is 5.69 Å². The van der Waals surface area contributed by atoms with Crippen molar-refractivity contribution in [2.75, 3.05) is 12.0 Å². The molecule has 0 saturated carbocycles. The summed E-state index contributed by atoms with van der Waals surface area (Å²) in [5.41, 5.74) is 0.659. The molecule has 1 amide bonds. The monoisotopic (exact) mass is 355 g/mol. The molecule has 2 bridgehead atoms. The summed E-state index contributed by atoms with van der Waals surface area (Å²) in [7, 11) is 1.57. The number of carboxylic acids is 1. The first-order valence-electron chi connectivity index (χ1n) is 8.60. The number of anilines is 1. The van der Waals surface area contributed by atoms with Crippen molar-refractivity contribution in [3.05, 3.63) is 48.6 Å². The third-order valence-electron chi connectivity index (χ3n) is 5.58. The van der Waals surface area contributed by atoms with E-state index in [0.29, 0.717) is 17.9 Å². The Morgan fingerprint density at radius 1 is 1.46 bits per heavy atom. The van der Waals surface area contributed by atoms with Gasteiger partial charge in [-0.25, -0.2) is 0 Å². The Kier molecular flexibility index (Phi) is 3.70. The third kappa shape index (κ3) is 2.15. The number of aliphatic carboxylic acids is 1. The lowest BCUT2D eigenvalue weighted by Gasteiger charge is -2.33. The van der Waals surface area contributed by atoms with E-state index < -0.39 is 29.5 Å². The fraction of sp³-hybridized carbons (Fsp3) is 0.400. The number of ether oxygens (including phenoxy) is 2. The van der Waals surface area contributed by atoms with Crippen molar-refractivity contribution in [1.82, 2.24) is 0 Å². The molecule has 1 aromatic carbocycles. The van der Waals surface area contributed by atoms with E-state index in [4.69, 9.17) is 9.47 Å². The third-order valence-corrected chi connectivity index (χ3v) is 5.58. The summed E-state index contributed by atoms with van der Waals surface area (Å²) in [6.45, 7) is 5.89. The summed E-state index contributed by atoms with van der Waals surface area (Å²) in [5, 5.41) is 9.68. The van der Waals surface area contributed by atoms with Gasteiger partial charge in [-0.2, -0.15) is 0 Å². The summed E-state index contributed by atoms with van der Waals surface area (Å²) in [6, 6.07) is 6.89. The number of hydrogen-bond donors (Lipinski definition) is 1. The van der Waals surface area contributed by atoms with Crippen molar-refractivity contribution < 1.29 is 24.2 Å². The average molecular weight is 355 g/mol. The standard InChI is InChI=1S/C20H21NO5/c1-11(2)9-15-20-8-7-14(26-20)16(19(23)24)17(20)18(22)21(15)12-5-4-6-13(10-12)25-3/h4-8,10,14-17H,1,9H2,2-3H3,(H,23,24)/t14-,15+,16-,17-,20-/m1/s1. The highest BCUT2D eigenvalue weighted by molar-refractivity contribution is 6.03. The minimum absolute atomic E-state index is 0.219. The van der Waals surface area contributed by atoms with Crippen LogP contribution in [0.3, 0.4) is 0 Å². The minimum Gasteiger partial charge on any atom is -0.497 e. The number of benzene rings is 1. The number of rotatable bonds is 5. The minimum atomic E-state index is -0.999. The predicted molar refractivity (Wildman–Crippen MR) is 95.1 cm³/mol. The molecule has 1 spiro atoms. The van der Waals surface area contributed by atoms with Crippen LogP contribution in [0, 0.1) is 11.8 Å². The Morgan fingerprint density at radius 2 is 2.23 bits per heavy atom. The van der Waals surface area contributed by atoms with Crippen molar-refractivity contribution in [2.24, 2.45) is 11.8 Å². The van der Waals surface area contributed by atoms with Crippen LogP contribution in [-0.2, 0) is 14.3 Å². The van der Waals surface area contributed by atoms with Crippen LogP contribution in [-0.4, -0.2) is 41.8 Å². The molecular weight excluding hydrogens is 334 g/mol. The molecule has 0 unspecified atom stereocenters. The van der Waals surface area contributed by atoms with Gasteiger partial charge in [0.15, 0.2) is 0 Å². The fourth-order valence-corrected chi connectivity index (χ4v) is 4.58. The molecule has 5 atom stereocenters. The first-order valence-corrected chi connectivity index (χ1v) is 8.60. The first kappa shape index (κ1) is 16.8. The number of amides is 1. The molecule has 2 saturated heterocycles. The summed E-state index contributed by atoms with van der Waals surface area (Å²) < 4.78 is 11.4. The Balaban J connectivity index is 1.84. The lowest BCUT2D eigenvalue weighted by Crippen LogP contribution is -2.45. The van der Waals surface area contributed by atoms with Crippen LogP contribution in [0.2, 0.25) is 0 Å². The van der Waals surface area contributed by atoms with Crippen molar-refractivity contribution >= 4 is 17.6 Å². The topological polar surface area (TPSA) is 76.1 Å². The van der Waals surface area contributed by atoms with Gasteiger partial charge in [0, 0.05) is 11.8 Å². The molecule has 0 aliphatic carbocycles. The molecular formula is C20H21NO5. The second kappa shape index (κ2) is 5.71. The molecule has 4 rings (SSSR count). The van der Waals surface area contributed by atoms with Crippen LogP contribution in [0.1, 0.15) is 13.3 Å². The lowest BCUT2D eigenvalue weighted by molar-refractivity contribution is -0.146. The largest absolute Gasteiger partial charge is 0.497 e. The number of methoxy groups -OCH3 is 1. The zero-order valence-electron chi connectivity index (χ0n) is 14.7. The van der Waals surface area contributed by atoms with Gasteiger partial charge in [-0.1, -0.05) is 23.8 Å². The molecule has 2 fully saturated rings. The van der Waals surface area contributed by atoms with Crippen LogP contribution in [0.5, 0.6) is 5.75 Å². The van der Waals surface area contributed by atoms with E-state index in [-0.39, 0.29) is 11.9 Å². The molecule has 0 radical (unpaired) electrons. The Hall–Kier alpha value is -2.60. The van der Waals surface area contributed by atoms with E-state index in [1.807, 2.05) is 25.1 Å². The van der Waals surface area contributed by atoms with Crippen molar-refractivity contribution in [3.8, 4) is 5.75 Å². The Morgan fingerprint density at radius 3 is 2.88 bits per heavy atom. The number of carbonyl (C=O) groups excluding carboxylic acids is 1. The number of fused-ring (bicyclic) bond motifs is 1. The van der Waals surface area contributed by atoms with Crippen LogP contribution >= 0.6 is 0 Å². The molecule has 3 aliphatic rings. The van der Waals surface area contributed by atoms with Gasteiger partial charge in [0.25, 0.3) is 0 Å². The van der Waals surface area contributed by atoms with Crippen LogP contribution in [0.15, 0.2) is 48.6 Å². The molecule has 136 valence electrons. The highest BCUT2D eigenvalue weighted by Gasteiger charge is 2.71. The average Bonchev–Trinajstić information content (AvgIpc) is 3.24. The van der Waals surface area contributed by atoms with Gasteiger partial charge in [-0.05, 0) is 25.5 Å². The maximum absolute atomic E-state index is 13.4. The molecule has 1 aromatic rings. The van der Waals surface area contributed by atoms with Gasteiger partial charge in [0.2, 0.25) is 5.91 Å². The molecule has 26 heavy (non-hydrogen) atoms. The Labute approximate surface area is 151 Å². The van der Waals surface area contributed by atoms with Gasteiger partial charge in [0.1, 0.15) is 17.3 Å². The van der Waals surface area contributed by atoms with E-state index in [1.165, 1.54) is 0 Å². The fourth-order valence-electron chi connectivity index (χ4n) is 4.58. The summed E-state index contributed by atoms with van der Waals surface area (Å²) in [6.07, 6.45) is 3.64. The van der Waals surface area contributed by atoms with Gasteiger partial charge in [-0.15, -0.1) is 6.58 Å². The van der Waals surface area contributed by atoms with E-state index in [0.717, 1.165) is 5.57 Å². The second-order valence-electron chi connectivity index (χ2n) is 7.22. The number of hydrogen-bond acceptors (Lipinski definition) is 4. The van der Waals surface area contributed by atoms with Crippen LogP contribution in [0.25, 0.3) is 0 Å². The molecule has 3 aliphatic heterocycles. The van der Waals surface area contributed by atoms with Gasteiger partial charge in [-0.3, -0.25) is 9.59 Å². The van der Waals surface area contributed by atoms with Crippen molar-refractivity contribution in [3.63, 3.8) is 0 Å². The Bertz CT molecular complexity index is 831. The smallest absolute Gasteiger partial charge is 0.310 e. The summed E-state index contributed by atoms with van der Waals surface area (Å²) >= 11 is 0. The first-order chi connectivity index (χ1) is 12.4. The van der Waals surface area contributed by atoms with E-state index in [9.17, 15) is 14.7 Å². The molecule has 1 N–H and O–H groups in total. The molecule has 6 nitrogen and oxygen atoms in total. The molecule has 3 heterocycles. The summed E-state index contributed by atoms with van der Waals surface area (Å²) in [4.78, 5) is 26.9. The van der Waals surface area contributed by atoms with Crippen molar-refractivity contribution in [1.29, 1.82) is 0 Å².